The van der Waals surface area contributed by atoms with E-state index in [4.69, 9.17) is 11.6 Å². The molecule has 0 aliphatic rings. The molecule has 2 aromatic rings. The number of allylic oxidation sites excluding steroid dienone is 1. The molecule has 0 saturated heterocycles. The Kier molecular flexibility index (Phi) is 8.81. The second-order valence-electron chi connectivity index (χ2n) is 7.51. The highest BCUT2D eigenvalue weighted by Crippen LogP contribution is 2.20. The van der Waals surface area contributed by atoms with Crippen LogP contribution in [0.3, 0.4) is 0 Å². The summed E-state index contributed by atoms with van der Waals surface area (Å²) in [5.41, 5.74) is 7.28. The topological polar surface area (TPSA) is 70.6 Å². The summed E-state index contributed by atoms with van der Waals surface area (Å²) in [6.07, 6.45) is 3.70. The Hall–Kier alpha value is -2.92. The van der Waals surface area contributed by atoms with Crippen LogP contribution in [0, 0.1) is 6.92 Å². The Morgan fingerprint density at radius 1 is 1.07 bits per heavy atom. The molecule has 0 atom stereocenters. The third-order valence-electron chi connectivity index (χ3n) is 4.50. The summed E-state index contributed by atoms with van der Waals surface area (Å²) in [6, 6.07) is 13.6. The highest BCUT2D eigenvalue weighted by atomic mass is 35.5. The van der Waals surface area contributed by atoms with E-state index in [1.165, 1.54) is 5.56 Å². The van der Waals surface area contributed by atoms with Gasteiger partial charge in [0, 0.05) is 23.6 Å². The van der Waals surface area contributed by atoms with Crippen LogP contribution < -0.4 is 10.7 Å². The van der Waals surface area contributed by atoms with E-state index in [1.54, 1.807) is 24.4 Å². The van der Waals surface area contributed by atoms with Gasteiger partial charge < -0.3 is 5.32 Å². The monoisotopic (exact) mass is 425 g/mol. The van der Waals surface area contributed by atoms with Crippen molar-refractivity contribution in [3.05, 3.63) is 69.8 Å². The fourth-order valence-corrected chi connectivity index (χ4v) is 2.97. The molecule has 0 bridgehead atoms. The van der Waals surface area contributed by atoms with Crippen LogP contribution >= 0.6 is 11.6 Å². The zero-order valence-corrected chi connectivity index (χ0v) is 18.6. The lowest BCUT2D eigenvalue weighted by Crippen LogP contribution is -2.20. The Morgan fingerprint density at radius 3 is 2.37 bits per heavy atom. The minimum Gasteiger partial charge on any atom is -0.326 e. The van der Waals surface area contributed by atoms with Gasteiger partial charge in [-0.05, 0) is 60.2 Å². The molecule has 2 aromatic carbocycles. The van der Waals surface area contributed by atoms with Crippen LogP contribution in [0.5, 0.6) is 0 Å². The quantitative estimate of drug-likeness (QED) is 0.421. The number of anilines is 1. The number of carbonyl (C=O) groups excluding carboxylic acids is 2. The van der Waals surface area contributed by atoms with Crippen LogP contribution in [0.1, 0.15) is 56.2 Å². The first-order chi connectivity index (χ1) is 14.2. The highest BCUT2D eigenvalue weighted by Gasteiger charge is 2.08. The van der Waals surface area contributed by atoms with Crippen LogP contribution in [0.2, 0.25) is 5.02 Å². The van der Waals surface area contributed by atoms with Gasteiger partial charge in [0.25, 0.3) is 0 Å². The molecule has 0 fully saturated rings. The predicted octanol–water partition coefficient (Wildman–Crippen LogP) is 5.70. The van der Waals surface area contributed by atoms with E-state index in [-0.39, 0.29) is 24.7 Å². The number of carbonyl (C=O) groups is 2. The molecule has 158 valence electrons. The molecule has 0 aliphatic carbocycles. The Bertz CT molecular complexity index is 947. The summed E-state index contributed by atoms with van der Waals surface area (Å²) in [4.78, 5) is 23.9. The molecule has 0 heterocycles. The molecule has 6 heteroatoms. The standard InChI is InChI=1S/C24H28ClN3O2/c1-16(2)20-7-5-19(6-8-20)13-17(3)15-26-28-24(30)12-11-23(29)27-22-10-9-21(25)14-18(22)4/h5-10,13-16H,11-12H2,1-4H3,(H,27,29)(H,28,30)/b17-13-,26-15-. The van der Waals surface area contributed by atoms with E-state index >= 15 is 0 Å². The second-order valence-corrected chi connectivity index (χ2v) is 7.95. The number of benzene rings is 2. The van der Waals surface area contributed by atoms with Gasteiger partial charge in [0.2, 0.25) is 11.8 Å². The van der Waals surface area contributed by atoms with Gasteiger partial charge in [-0.15, -0.1) is 0 Å². The van der Waals surface area contributed by atoms with E-state index < -0.39 is 0 Å². The normalized spacial score (nSPS) is 11.7. The molecular formula is C24H28ClN3O2. The van der Waals surface area contributed by atoms with Crippen molar-refractivity contribution in [3.8, 4) is 0 Å². The first-order valence-corrected chi connectivity index (χ1v) is 10.3. The smallest absolute Gasteiger partial charge is 0.240 e. The van der Waals surface area contributed by atoms with E-state index in [0.717, 1.165) is 16.7 Å². The van der Waals surface area contributed by atoms with Crippen LogP contribution in [0.15, 0.2) is 53.1 Å². The minimum atomic E-state index is -0.316. The van der Waals surface area contributed by atoms with Crippen LogP contribution in [0.4, 0.5) is 5.69 Å². The first-order valence-electron chi connectivity index (χ1n) is 9.90. The number of hydrazone groups is 1. The average molecular weight is 426 g/mol. The molecule has 2 amide bonds. The number of hydrogen-bond acceptors (Lipinski definition) is 3. The van der Waals surface area contributed by atoms with E-state index in [1.807, 2.05) is 19.9 Å². The van der Waals surface area contributed by atoms with E-state index in [2.05, 4.69) is 54.0 Å². The van der Waals surface area contributed by atoms with Crippen LogP contribution in [0.25, 0.3) is 6.08 Å². The number of hydrogen-bond donors (Lipinski definition) is 2. The van der Waals surface area contributed by atoms with Gasteiger partial charge in [-0.25, -0.2) is 5.43 Å². The predicted molar refractivity (Wildman–Crippen MR) is 125 cm³/mol. The van der Waals surface area contributed by atoms with Gasteiger partial charge in [-0.2, -0.15) is 5.10 Å². The number of halogens is 1. The number of rotatable bonds is 8. The van der Waals surface area contributed by atoms with Crippen LogP contribution in [-0.2, 0) is 9.59 Å². The van der Waals surface area contributed by atoms with Crippen molar-refractivity contribution in [1.29, 1.82) is 0 Å². The summed E-state index contributed by atoms with van der Waals surface area (Å²) >= 11 is 5.91. The third-order valence-corrected chi connectivity index (χ3v) is 4.73. The second kappa shape index (κ2) is 11.3. The van der Waals surface area contributed by atoms with Crippen molar-refractivity contribution in [2.24, 2.45) is 5.10 Å². The molecule has 30 heavy (non-hydrogen) atoms. The number of amides is 2. The maximum atomic E-state index is 12.0. The molecule has 0 aliphatic heterocycles. The van der Waals surface area contributed by atoms with Gasteiger partial charge in [0.1, 0.15) is 0 Å². The van der Waals surface area contributed by atoms with E-state index in [9.17, 15) is 9.59 Å². The zero-order chi connectivity index (χ0) is 22.1. The maximum Gasteiger partial charge on any atom is 0.240 e. The van der Waals surface area contributed by atoms with Crippen molar-refractivity contribution >= 4 is 41.4 Å². The Morgan fingerprint density at radius 2 is 1.73 bits per heavy atom. The number of nitrogens with one attached hydrogen (secondary N) is 2. The SMILES string of the molecule is CC(/C=N\NC(=O)CCC(=O)Nc1ccc(Cl)cc1C)=C/c1ccc(C(C)C)cc1. The lowest BCUT2D eigenvalue weighted by molar-refractivity contribution is -0.124. The minimum absolute atomic E-state index is 0.0508. The molecule has 0 aromatic heterocycles. The highest BCUT2D eigenvalue weighted by molar-refractivity contribution is 6.30. The molecular weight excluding hydrogens is 398 g/mol. The fourth-order valence-electron chi connectivity index (χ4n) is 2.75. The molecule has 0 saturated carbocycles. The summed E-state index contributed by atoms with van der Waals surface area (Å²) in [6.45, 7) is 8.09. The third kappa shape index (κ3) is 7.84. The van der Waals surface area contributed by atoms with Gasteiger partial charge in [0.15, 0.2) is 0 Å². The van der Waals surface area contributed by atoms with Crippen molar-refractivity contribution in [2.45, 2.75) is 46.5 Å². The van der Waals surface area contributed by atoms with Crippen LogP contribution in [-0.4, -0.2) is 18.0 Å². The zero-order valence-electron chi connectivity index (χ0n) is 17.8. The van der Waals surface area contributed by atoms with Gasteiger partial charge in [0.05, 0.1) is 6.21 Å². The Labute approximate surface area is 183 Å². The van der Waals surface area contributed by atoms with Crippen molar-refractivity contribution in [3.63, 3.8) is 0 Å². The summed E-state index contributed by atoms with van der Waals surface area (Å²) in [5.74, 6) is -0.0537. The first kappa shape index (κ1) is 23.4. The van der Waals surface area contributed by atoms with Crippen molar-refractivity contribution in [1.82, 2.24) is 5.43 Å². The maximum absolute atomic E-state index is 12.0. The number of aryl methyl sites for hydroxylation is 1. The summed E-state index contributed by atoms with van der Waals surface area (Å²) in [7, 11) is 0. The molecule has 0 unspecified atom stereocenters. The van der Waals surface area contributed by atoms with Gasteiger partial charge >= 0.3 is 0 Å². The van der Waals surface area contributed by atoms with Crippen molar-refractivity contribution in [2.75, 3.05) is 5.32 Å². The molecule has 2 N–H and O–H groups in total. The molecule has 2 rings (SSSR count). The fraction of sp³-hybridized carbons (Fsp3) is 0.292. The number of nitrogens with zero attached hydrogens (tertiary/aromatic N) is 1. The molecule has 5 nitrogen and oxygen atoms in total. The molecule has 0 spiro atoms. The van der Waals surface area contributed by atoms with Crippen molar-refractivity contribution < 1.29 is 9.59 Å². The summed E-state index contributed by atoms with van der Waals surface area (Å²) in [5, 5.41) is 7.35. The molecule has 0 radical (unpaired) electrons. The average Bonchev–Trinajstić information content (AvgIpc) is 2.69. The van der Waals surface area contributed by atoms with Gasteiger partial charge in [-0.3, -0.25) is 9.59 Å². The Balaban J connectivity index is 1.77. The van der Waals surface area contributed by atoms with Gasteiger partial charge in [-0.1, -0.05) is 55.8 Å². The lowest BCUT2D eigenvalue weighted by atomic mass is 10.0. The largest absolute Gasteiger partial charge is 0.326 e. The summed E-state index contributed by atoms with van der Waals surface area (Å²) < 4.78 is 0. The lowest BCUT2D eigenvalue weighted by Gasteiger charge is -2.08. The van der Waals surface area contributed by atoms with E-state index in [0.29, 0.717) is 16.6 Å².